The molecule has 7 aromatic carbocycles. The summed E-state index contributed by atoms with van der Waals surface area (Å²) < 4.78 is 21.6. The lowest BCUT2D eigenvalue weighted by atomic mass is 10.0. The van der Waals surface area contributed by atoms with Crippen molar-refractivity contribution in [2.75, 3.05) is 0 Å². The number of hydrogen-bond acceptors (Lipinski definition) is 4. The van der Waals surface area contributed by atoms with Gasteiger partial charge in [0.05, 0.1) is 11.3 Å². The third-order valence-corrected chi connectivity index (χ3v) is 13.2. The molecule has 14 rings (SSSR count). The van der Waals surface area contributed by atoms with Gasteiger partial charge in [-0.25, -0.2) is 9.67 Å². The van der Waals surface area contributed by atoms with Crippen molar-refractivity contribution in [2.45, 2.75) is 6.54 Å². The molecule has 1 aliphatic rings. The van der Waals surface area contributed by atoms with E-state index in [1.165, 1.54) is 43.9 Å². The van der Waals surface area contributed by atoms with Crippen molar-refractivity contribution in [2.24, 2.45) is 14.1 Å². The molecule has 0 aliphatic carbocycles. The van der Waals surface area contributed by atoms with Gasteiger partial charge in [-0.2, -0.15) is 13.7 Å². The van der Waals surface area contributed by atoms with Crippen molar-refractivity contribution in [3.8, 4) is 51.1 Å². The molecule has 8 nitrogen and oxygen atoms in total. The van der Waals surface area contributed by atoms with Crippen molar-refractivity contribution in [3.05, 3.63) is 206 Å². The second-order valence-electron chi connectivity index (χ2n) is 16.9. The second-order valence-corrected chi connectivity index (χ2v) is 16.9. The molecule has 13 aromatic rings. The van der Waals surface area contributed by atoms with Crippen LogP contribution in [0.3, 0.4) is 0 Å². The fraction of sp³-hybridized carbons (Fsp3) is 0.0517. The third kappa shape index (κ3) is 5.88. The number of aryl methyl sites for hydroxylation is 2. The van der Waals surface area contributed by atoms with Crippen LogP contribution in [0.1, 0.15) is 5.56 Å². The Morgan fingerprint density at radius 2 is 1.09 bits per heavy atom. The molecule has 0 fully saturated rings. The van der Waals surface area contributed by atoms with E-state index < -0.39 is 0 Å². The molecular weight excluding hydrogens is 813 g/mol. The summed E-state index contributed by atoms with van der Waals surface area (Å²) in [6.45, 7) is 0.902. The molecular formula is C58H41N6O2+3. The molecule has 312 valence electrons. The fourth-order valence-corrected chi connectivity index (χ4v) is 9.97. The van der Waals surface area contributed by atoms with Crippen LogP contribution < -0.4 is 13.7 Å². The average molecular weight is 854 g/mol. The Labute approximate surface area is 379 Å². The lowest BCUT2D eigenvalue weighted by molar-refractivity contribution is -0.660. The first-order valence-corrected chi connectivity index (χ1v) is 22.2. The van der Waals surface area contributed by atoms with E-state index in [4.69, 9.17) is 18.9 Å². The SMILES string of the molecule is C[n+]1ccccc1-c1nc(-c2ccccc2)nn1-c1ccc2c(oc3ccccc32)c1-c1ccc2ccccc2[n+]1C.c1ccc2c(c1)ccc1[n+]2Cc2ccc3c(oc4ccccc43)c2-1. The van der Waals surface area contributed by atoms with E-state index in [1.807, 2.05) is 84.7 Å². The summed E-state index contributed by atoms with van der Waals surface area (Å²) in [5, 5.41) is 12.1. The van der Waals surface area contributed by atoms with Gasteiger partial charge < -0.3 is 8.83 Å². The van der Waals surface area contributed by atoms with Crippen LogP contribution in [-0.2, 0) is 20.6 Å². The van der Waals surface area contributed by atoms with Crippen molar-refractivity contribution < 1.29 is 22.5 Å². The van der Waals surface area contributed by atoms with Gasteiger partial charge in [-0.3, -0.25) is 0 Å². The quantitative estimate of drug-likeness (QED) is 0.165. The second kappa shape index (κ2) is 14.9. The number of hydrogen-bond donors (Lipinski definition) is 0. The number of para-hydroxylation sites is 4. The molecule has 0 N–H and O–H groups in total. The first-order chi connectivity index (χ1) is 32.6. The number of aromatic nitrogens is 6. The molecule has 66 heavy (non-hydrogen) atoms. The molecule has 8 heteroatoms. The number of furan rings is 2. The van der Waals surface area contributed by atoms with Crippen LogP contribution >= 0.6 is 0 Å². The van der Waals surface area contributed by atoms with Gasteiger partial charge in [-0.15, -0.1) is 5.10 Å². The van der Waals surface area contributed by atoms with Crippen molar-refractivity contribution in [3.63, 3.8) is 0 Å². The zero-order valence-corrected chi connectivity index (χ0v) is 36.3. The first-order valence-electron chi connectivity index (χ1n) is 22.2. The van der Waals surface area contributed by atoms with Crippen LogP contribution in [0.25, 0.3) is 117 Å². The third-order valence-electron chi connectivity index (χ3n) is 13.2. The van der Waals surface area contributed by atoms with E-state index >= 15 is 0 Å². The summed E-state index contributed by atoms with van der Waals surface area (Å²) in [5.74, 6) is 1.41. The Bertz CT molecular complexity index is 4070. The summed E-state index contributed by atoms with van der Waals surface area (Å²) in [4.78, 5) is 5.11. The summed E-state index contributed by atoms with van der Waals surface area (Å²) in [6.07, 6.45) is 2.03. The van der Waals surface area contributed by atoms with Gasteiger partial charge in [0.15, 0.2) is 24.1 Å². The Morgan fingerprint density at radius 1 is 0.485 bits per heavy atom. The number of rotatable bonds is 4. The Kier molecular flexibility index (Phi) is 8.54. The first kappa shape index (κ1) is 37.8. The molecule has 0 radical (unpaired) electrons. The van der Waals surface area contributed by atoms with Gasteiger partial charge in [0.1, 0.15) is 36.4 Å². The summed E-state index contributed by atoms with van der Waals surface area (Å²) in [6, 6.07) is 67.2. The van der Waals surface area contributed by atoms with Crippen molar-refractivity contribution >= 4 is 65.7 Å². The summed E-state index contributed by atoms with van der Waals surface area (Å²) in [7, 11) is 4.14. The highest BCUT2D eigenvalue weighted by Crippen LogP contribution is 2.42. The van der Waals surface area contributed by atoms with Crippen LogP contribution in [0.2, 0.25) is 0 Å². The molecule has 0 spiro atoms. The lowest BCUT2D eigenvalue weighted by Gasteiger charge is -2.12. The zero-order chi connectivity index (χ0) is 43.9. The molecule has 6 aromatic heterocycles. The van der Waals surface area contributed by atoms with Gasteiger partial charge in [0.2, 0.25) is 33.9 Å². The van der Waals surface area contributed by atoms with Crippen molar-refractivity contribution in [1.29, 1.82) is 0 Å². The standard InChI is InChI=1S/C36H27N5O.C22H14NO/c1-39-23-11-10-17-31(39)36-37-35(25-13-4-3-5-14-25)38-41(36)30-22-20-27-26-15-7-9-18-32(26)42-34(27)33(30)29-21-19-24-12-6-8-16-28(24)40(29)2;1-3-7-18-14(5-1)10-12-19-21-15(13-23(18)19)9-11-17-16-6-2-4-8-20(16)24-22(17)21/h3-23H,1-2H3;1-12H,13H2/q+2;+1. The topological polar surface area (TPSA) is 68.6 Å². The fourth-order valence-electron chi connectivity index (χ4n) is 9.97. The summed E-state index contributed by atoms with van der Waals surface area (Å²) >= 11 is 0. The zero-order valence-electron chi connectivity index (χ0n) is 36.3. The van der Waals surface area contributed by atoms with E-state index in [0.29, 0.717) is 5.82 Å². The molecule has 7 heterocycles. The van der Waals surface area contributed by atoms with E-state index in [2.05, 4.69) is 148 Å². The van der Waals surface area contributed by atoms with Crippen LogP contribution in [0, 0.1) is 0 Å². The minimum Gasteiger partial charge on any atom is -0.455 e. The van der Waals surface area contributed by atoms with Crippen LogP contribution in [-0.4, -0.2) is 14.8 Å². The molecule has 0 saturated carbocycles. The summed E-state index contributed by atoms with van der Waals surface area (Å²) in [5.41, 5.74) is 14.6. The highest BCUT2D eigenvalue weighted by atomic mass is 16.3. The maximum absolute atomic E-state index is 6.65. The highest BCUT2D eigenvalue weighted by Gasteiger charge is 2.32. The normalized spacial score (nSPS) is 12.0. The predicted octanol–water partition coefficient (Wildman–Crippen LogP) is 12.0. The Hall–Kier alpha value is -8.75. The van der Waals surface area contributed by atoms with E-state index in [-0.39, 0.29) is 0 Å². The number of benzene rings is 7. The number of pyridine rings is 3. The van der Waals surface area contributed by atoms with Gasteiger partial charge in [-0.1, -0.05) is 97.1 Å². The van der Waals surface area contributed by atoms with E-state index in [1.54, 1.807) is 0 Å². The highest BCUT2D eigenvalue weighted by molar-refractivity contribution is 6.11. The Morgan fingerprint density at radius 3 is 1.83 bits per heavy atom. The van der Waals surface area contributed by atoms with E-state index in [0.717, 1.165) is 79.2 Å². The maximum atomic E-state index is 6.65. The number of nitrogens with zero attached hydrogens (tertiary/aromatic N) is 6. The molecule has 1 aliphatic heterocycles. The van der Waals surface area contributed by atoms with Crippen LogP contribution in [0.4, 0.5) is 0 Å². The van der Waals surface area contributed by atoms with E-state index in [9.17, 15) is 0 Å². The van der Waals surface area contributed by atoms with Crippen molar-refractivity contribution in [1.82, 2.24) is 14.8 Å². The molecule has 0 saturated heterocycles. The minimum atomic E-state index is 0.660. The largest absolute Gasteiger partial charge is 0.455 e. The molecule has 0 unspecified atom stereocenters. The minimum absolute atomic E-state index is 0.660. The van der Waals surface area contributed by atoms with Crippen LogP contribution in [0.5, 0.6) is 0 Å². The van der Waals surface area contributed by atoms with Gasteiger partial charge in [0, 0.05) is 79.8 Å². The predicted molar refractivity (Wildman–Crippen MR) is 261 cm³/mol. The smallest absolute Gasteiger partial charge is 0.250 e. The Balaban J connectivity index is 0.000000152. The lowest BCUT2D eigenvalue weighted by Crippen LogP contribution is -2.33. The molecule has 0 atom stereocenters. The van der Waals surface area contributed by atoms with Gasteiger partial charge >= 0.3 is 0 Å². The van der Waals surface area contributed by atoms with Crippen LogP contribution in [0.15, 0.2) is 209 Å². The van der Waals surface area contributed by atoms with Gasteiger partial charge in [-0.05, 0) is 60.7 Å². The number of fused-ring (bicyclic) bond motifs is 13. The monoisotopic (exact) mass is 853 g/mol. The van der Waals surface area contributed by atoms with Gasteiger partial charge in [0.25, 0.3) is 0 Å². The molecule has 0 bridgehead atoms. The molecule has 0 amide bonds. The maximum Gasteiger partial charge on any atom is 0.250 e. The average Bonchev–Trinajstić information content (AvgIpc) is 4.16.